The van der Waals surface area contributed by atoms with Gasteiger partial charge in [0.15, 0.2) is 41.2 Å². The molecule has 1 aliphatic rings. The van der Waals surface area contributed by atoms with Gasteiger partial charge in [0, 0.05) is 13.1 Å². The van der Waals surface area contributed by atoms with Crippen molar-refractivity contribution in [3.63, 3.8) is 0 Å². The number of carbonyl (C=O) groups is 3. The lowest BCUT2D eigenvalue weighted by atomic mass is 10.1. The minimum Gasteiger partial charge on any atom is -0.504 e. The zero-order valence-electron chi connectivity index (χ0n) is 19.6. The summed E-state index contributed by atoms with van der Waals surface area (Å²) < 4.78 is 10.5. The van der Waals surface area contributed by atoms with Crippen LogP contribution in [0.3, 0.4) is 0 Å². The Bertz CT molecular complexity index is 1130. The normalized spacial score (nSPS) is 13.8. The van der Waals surface area contributed by atoms with E-state index in [2.05, 4.69) is 0 Å². The van der Waals surface area contributed by atoms with Crippen molar-refractivity contribution in [3.05, 3.63) is 59.7 Å². The summed E-state index contributed by atoms with van der Waals surface area (Å²) >= 11 is 0. The highest BCUT2D eigenvalue weighted by atomic mass is 16.5. The molecule has 0 aromatic heterocycles. The van der Waals surface area contributed by atoms with E-state index in [0.29, 0.717) is 11.1 Å². The lowest BCUT2D eigenvalue weighted by molar-refractivity contribution is -0.134. The minimum absolute atomic E-state index is 0.00678. The number of ether oxygens (including phenoxy) is 2. The number of phenolic OH excluding ortho intramolecular Hbond substituents is 2. The van der Waals surface area contributed by atoms with Crippen LogP contribution in [0.4, 0.5) is 0 Å². The van der Waals surface area contributed by atoms with Gasteiger partial charge < -0.3 is 24.6 Å². The number of hydrogen-bond acceptors (Lipinski definition) is 7. The fourth-order valence-corrected chi connectivity index (χ4v) is 3.59. The van der Waals surface area contributed by atoms with E-state index in [9.17, 15) is 24.6 Å². The van der Waals surface area contributed by atoms with Crippen LogP contribution >= 0.6 is 0 Å². The molecule has 0 bridgehead atoms. The number of rotatable bonds is 10. The first-order valence-corrected chi connectivity index (χ1v) is 11.4. The van der Waals surface area contributed by atoms with Crippen molar-refractivity contribution in [2.45, 2.75) is 25.7 Å². The van der Waals surface area contributed by atoms with Gasteiger partial charge in [0.1, 0.15) is 0 Å². The largest absolute Gasteiger partial charge is 0.504 e. The predicted octanol–water partition coefficient (Wildman–Crippen LogP) is 3.75. The minimum atomic E-state index is -0.390. The van der Waals surface area contributed by atoms with E-state index in [1.54, 1.807) is 23.1 Å². The molecule has 1 fully saturated rings. The number of piperidine rings is 1. The molecular weight excluding hydrogens is 450 g/mol. The molecule has 0 radical (unpaired) electrons. The van der Waals surface area contributed by atoms with Crippen LogP contribution in [0.5, 0.6) is 23.0 Å². The van der Waals surface area contributed by atoms with Gasteiger partial charge in [-0.1, -0.05) is 24.3 Å². The Morgan fingerprint density at radius 2 is 1.40 bits per heavy atom. The summed E-state index contributed by atoms with van der Waals surface area (Å²) in [6, 6.07) is 9.20. The number of nitrogens with zero attached hydrogens (tertiary/aromatic N) is 1. The van der Waals surface area contributed by atoms with Crippen LogP contribution in [0.15, 0.2) is 48.6 Å². The Morgan fingerprint density at radius 1 is 0.857 bits per heavy atom. The third-order valence-corrected chi connectivity index (χ3v) is 5.52. The Balaban J connectivity index is 1.53. The standard InChI is InChI=1S/C27H29NO7/c1-34-25-15-19(7-11-23(25)31)5-9-21(29)17-22(30)10-6-20-8-12-24(32)26(16-20)35-18-27(33)28-13-3-2-4-14-28/h5-12,15-16,31-32H,2-4,13-14,17-18H2,1H3/b9-5+,10-6+. The van der Waals surface area contributed by atoms with Crippen LogP contribution < -0.4 is 9.47 Å². The van der Waals surface area contributed by atoms with Crippen LogP contribution in [-0.2, 0) is 14.4 Å². The van der Waals surface area contributed by atoms with Gasteiger partial charge in [-0.2, -0.15) is 0 Å². The lowest BCUT2D eigenvalue weighted by Crippen LogP contribution is -2.38. The van der Waals surface area contributed by atoms with Gasteiger partial charge in [0.2, 0.25) is 0 Å². The van der Waals surface area contributed by atoms with E-state index in [0.717, 1.165) is 32.4 Å². The molecule has 3 rings (SSSR count). The monoisotopic (exact) mass is 479 g/mol. The van der Waals surface area contributed by atoms with E-state index >= 15 is 0 Å². The average Bonchev–Trinajstić information content (AvgIpc) is 2.87. The van der Waals surface area contributed by atoms with Gasteiger partial charge in [-0.3, -0.25) is 14.4 Å². The van der Waals surface area contributed by atoms with Crippen LogP contribution in [0.25, 0.3) is 12.2 Å². The van der Waals surface area contributed by atoms with Gasteiger partial charge in [-0.05, 0) is 66.8 Å². The number of aromatic hydroxyl groups is 2. The Morgan fingerprint density at radius 3 is 1.97 bits per heavy atom. The molecule has 8 heteroatoms. The summed E-state index contributed by atoms with van der Waals surface area (Å²) in [4.78, 5) is 38.4. The zero-order valence-corrected chi connectivity index (χ0v) is 19.6. The second-order valence-electron chi connectivity index (χ2n) is 8.16. The summed E-state index contributed by atoms with van der Waals surface area (Å²) in [5.41, 5.74) is 1.22. The molecule has 8 nitrogen and oxygen atoms in total. The van der Waals surface area contributed by atoms with Crippen molar-refractivity contribution in [3.8, 4) is 23.0 Å². The highest BCUT2D eigenvalue weighted by Crippen LogP contribution is 2.28. The first-order chi connectivity index (χ1) is 16.9. The molecule has 2 aromatic rings. The van der Waals surface area contributed by atoms with Crippen molar-refractivity contribution in [2.75, 3.05) is 26.8 Å². The quantitative estimate of drug-likeness (QED) is 0.394. The molecule has 1 amide bonds. The number of amides is 1. The number of carbonyl (C=O) groups excluding carboxylic acids is 3. The van der Waals surface area contributed by atoms with Crippen molar-refractivity contribution in [2.24, 2.45) is 0 Å². The van der Waals surface area contributed by atoms with Gasteiger partial charge in [0.05, 0.1) is 13.5 Å². The van der Waals surface area contributed by atoms with E-state index < -0.39 is 5.78 Å². The predicted molar refractivity (Wildman–Crippen MR) is 131 cm³/mol. The maximum absolute atomic E-state index is 12.3. The van der Waals surface area contributed by atoms with Gasteiger partial charge >= 0.3 is 0 Å². The molecule has 2 aromatic carbocycles. The van der Waals surface area contributed by atoms with E-state index in [-0.39, 0.29) is 47.7 Å². The number of phenols is 2. The molecule has 0 aliphatic carbocycles. The van der Waals surface area contributed by atoms with Crippen LogP contribution in [0.2, 0.25) is 0 Å². The third kappa shape index (κ3) is 7.74. The van der Waals surface area contributed by atoms with Crippen LogP contribution in [0.1, 0.15) is 36.8 Å². The first-order valence-electron chi connectivity index (χ1n) is 11.4. The Kier molecular flexibility index (Phi) is 9.06. The number of methoxy groups -OCH3 is 1. The summed E-state index contributed by atoms with van der Waals surface area (Å²) in [7, 11) is 1.43. The zero-order chi connectivity index (χ0) is 25.2. The first kappa shape index (κ1) is 25.6. The number of hydrogen-bond donors (Lipinski definition) is 2. The van der Waals surface area contributed by atoms with Crippen molar-refractivity contribution in [1.82, 2.24) is 4.90 Å². The summed E-state index contributed by atoms with van der Waals surface area (Å²) in [6.07, 6.45) is 8.40. The highest BCUT2D eigenvalue weighted by Gasteiger charge is 2.17. The maximum Gasteiger partial charge on any atom is 0.260 e. The van der Waals surface area contributed by atoms with Gasteiger partial charge in [-0.15, -0.1) is 0 Å². The molecule has 1 heterocycles. The topological polar surface area (TPSA) is 113 Å². The van der Waals surface area contributed by atoms with Crippen molar-refractivity contribution < 1.29 is 34.1 Å². The lowest BCUT2D eigenvalue weighted by Gasteiger charge is -2.26. The van der Waals surface area contributed by atoms with Crippen molar-refractivity contribution in [1.29, 1.82) is 0 Å². The molecule has 1 aliphatic heterocycles. The number of ketones is 2. The molecular formula is C27H29NO7. The van der Waals surface area contributed by atoms with Crippen LogP contribution in [0, 0.1) is 0 Å². The van der Waals surface area contributed by atoms with E-state index in [1.807, 2.05) is 0 Å². The number of likely N-dealkylation sites (tertiary alicyclic amines) is 1. The molecule has 1 saturated heterocycles. The average molecular weight is 480 g/mol. The fraction of sp³-hybridized carbons (Fsp3) is 0.296. The van der Waals surface area contributed by atoms with Gasteiger partial charge in [0.25, 0.3) is 5.91 Å². The molecule has 0 unspecified atom stereocenters. The molecule has 2 N–H and O–H groups in total. The summed E-state index contributed by atoms with van der Waals surface area (Å²) in [6.45, 7) is 1.26. The maximum atomic E-state index is 12.3. The SMILES string of the molecule is COc1cc(/C=C/C(=O)CC(=O)/C=C/c2ccc(O)c(OCC(=O)N3CCCCC3)c2)ccc1O. The van der Waals surface area contributed by atoms with Crippen LogP contribution in [-0.4, -0.2) is 59.4 Å². The van der Waals surface area contributed by atoms with E-state index in [1.165, 1.54) is 49.6 Å². The number of benzene rings is 2. The molecule has 0 atom stereocenters. The summed E-state index contributed by atoms with van der Waals surface area (Å²) in [5.74, 6) is -0.576. The summed E-state index contributed by atoms with van der Waals surface area (Å²) in [5, 5.41) is 19.7. The second-order valence-corrected chi connectivity index (χ2v) is 8.16. The molecule has 0 spiro atoms. The van der Waals surface area contributed by atoms with Gasteiger partial charge in [-0.25, -0.2) is 0 Å². The number of allylic oxidation sites excluding steroid dienone is 2. The highest BCUT2D eigenvalue weighted by molar-refractivity contribution is 6.10. The second kappa shape index (κ2) is 12.4. The molecule has 35 heavy (non-hydrogen) atoms. The Hall–Kier alpha value is -4.07. The van der Waals surface area contributed by atoms with Crippen molar-refractivity contribution >= 4 is 29.6 Å². The Labute approximate surface area is 204 Å². The molecule has 0 saturated carbocycles. The van der Waals surface area contributed by atoms with E-state index in [4.69, 9.17) is 9.47 Å². The fourth-order valence-electron chi connectivity index (χ4n) is 3.59. The molecule has 184 valence electrons. The smallest absolute Gasteiger partial charge is 0.260 e. The third-order valence-electron chi connectivity index (χ3n) is 5.52.